The molecular weight excluding hydrogens is 206 g/mol. The van der Waals surface area contributed by atoms with Gasteiger partial charge in [-0.25, -0.2) is 4.79 Å². The van der Waals surface area contributed by atoms with Gasteiger partial charge in [-0.1, -0.05) is 0 Å². The van der Waals surface area contributed by atoms with E-state index in [1.807, 2.05) is 6.07 Å². The average molecular weight is 217 g/mol. The molecule has 82 valence electrons. The lowest BCUT2D eigenvalue weighted by molar-refractivity contribution is 0.0525. The van der Waals surface area contributed by atoms with Crippen LogP contribution < -0.4 is 0 Å². The Labute approximate surface area is 93.5 Å². The molecule has 0 saturated carbocycles. The van der Waals surface area contributed by atoms with Crippen LogP contribution in [0.5, 0.6) is 0 Å². The number of aldehydes is 1. The largest absolute Gasteiger partial charge is 0.462 e. The van der Waals surface area contributed by atoms with Gasteiger partial charge in [-0.2, -0.15) is 5.26 Å². The zero-order valence-electron chi connectivity index (χ0n) is 9.11. The third kappa shape index (κ3) is 2.09. The topological polar surface area (TPSA) is 67.2 Å². The summed E-state index contributed by atoms with van der Waals surface area (Å²) >= 11 is 0. The van der Waals surface area contributed by atoms with Gasteiger partial charge in [0, 0.05) is 5.56 Å². The summed E-state index contributed by atoms with van der Waals surface area (Å²) in [6.07, 6.45) is 0.598. The Morgan fingerprint density at radius 3 is 2.75 bits per heavy atom. The van der Waals surface area contributed by atoms with Gasteiger partial charge in [0.05, 0.1) is 17.7 Å². The van der Waals surface area contributed by atoms with Crippen LogP contribution in [-0.2, 0) is 4.74 Å². The van der Waals surface area contributed by atoms with E-state index in [4.69, 9.17) is 10.00 Å². The highest BCUT2D eigenvalue weighted by molar-refractivity contribution is 5.93. The molecule has 0 fully saturated rings. The maximum Gasteiger partial charge on any atom is 0.338 e. The van der Waals surface area contributed by atoms with Crippen LogP contribution in [0.4, 0.5) is 0 Å². The van der Waals surface area contributed by atoms with Crippen molar-refractivity contribution in [2.45, 2.75) is 13.8 Å². The molecule has 4 heteroatoms. The van der Waals surface area contributed by atoms with E-state index in [1.165, 1.54) is 12.1 Å². The highest BCUT2D eigenvalue weighted by atomic mass is 16.5. The average Bonchev–Trinajstić information content (AvgIpc) is 2.28. The fourth-order valence-corrected chi connectivity index (χ4v) is 1.41. The summed E-state index contributed by atoms with van der Waals surface area (Å²) in [4.78, 5) is 22.2. The van der Waals surface area contributed by atoms with E-state index in [2.05, 4.69) is 0 Å². The van der Waals surface area contributed by atoms with E-state index in [0.717, 1.165) is 0 Å². The standard InChI is InChI=1S/C12H11NO3/c1-3-16-12(15)10-5-4-9(7-14)11(6-13)8(10)2/h4-5,7H,3H2,1-2H3. The third-order valence-corrected chi connectivity index (χ3v) is 2.23. The number of rotatable bonds is 3. The summed E-state index contributed by atoms with van der Waals surface area (Å²) in [5, 5.41) is 8.91. The first-order valence-corrected chi connectivity index (χ1v) is 4.81. The Hall–Kier alpha value is -2.15. The quantitative estimate of drug-likeness (QED) is 0.572. The number of carbonyl (C=O) groups is 2. The zero-order chi connectivity index (χ0) is 12.1. The smallest absolute Gasteiger partial charge is 0.338 e. The molecule has 1 aromatic rings. The fraction of sp³-hybridized carbons (Fsp3) is 0.250. The minimum atomic E-state index is -0.478. The van der Waals surface area contributed by atoms with Gasteiger partial charge in [0.25, 0.3) is 0 Å². The van der Waals surface area contributed by atoms with E-state index in [9.17, 15) is 9.59 Å². The number of ether oxygens (including phenoxy) is 1. The lowest BCUT2D eigenvalue weighted by Crippen LogP contribution is -2.08. The van der Waals surface area contributed by atoms with Gasteiger partial charge < -0.3 is 4.74 Å². The Morgan fingerprint density at radius 1 is 1.56 bits per heavy atom. The number of esters is 1. The predicted octanol–water partition coefficient (Wildman–Crippen LogP) is 1.86. The Morgan fingerprint density at radius 2 is 2.25 bits per heavy atom. The molecule has 0 heterocycles. The van der Waals surface area contributed by atoms with Gasteiger partial charge in [-0.05, 0) is 31.5 Å². The minimum absolute atomic E-state index is 0.223. The van der Waals surface area contributed by atoms with Crippen molar-refractivity contribution in [3.63, 3.8) is 0 Å². The molecule has 0 spiro atoms. The zero-order valence-corrected chi connectivity index (χ0v) is 9.11. The number of nitriles is 1. The lowest BCUT2D eigenvalue weighted by atomic mass is 9.98. The molecule has 1 aromatic carbocycles. The Kier molecular flexibility index (Phi) is 3.78. The maximum absolute atomic E-state index is 11.5. The predicted molar refractivity (Wildman–Crippen MR) is 57.2 cm³/mol. The molecule has 0 aliphatic carbocycles. The monoisotopic (exact) mass is 217 g/mol. The van der Waals surface area contributed by atoms with Gasteiger partial charge in [0.2, 0.25) is 0 Å². The van der Waals surface area contributed by atoms with E-state index in [0.29, 0.717) is 17.4 Å². The van der Waals surface area contributed by atoms with Crippen molar-refractivity contribution in [1.82, 2.24) is 0 Å². The summed E-state index contributed by atoms with van der Waals surface area (Å²) in [6, 6.07) is 4.86. The van der Waals surface area contributed by atoms with Crippen LogP contribution in [0, 0.1) is 18.3 Å². The molecule has 0 radical (unpaired) electrons. The minimum Gasteiger partial charge on any atom is -0.462 e. The number of carbonyl (C=O) groups excluding carboxylic acids is 2. The highest BCUT2D eigenvalue weighted by Gasteiger charge is 2.15. The third-order valence-electron chi connectivity index (χ3n) is 2.23. The molecule has 1 rings (SSSR count). The van der Waals surface area contributed by atoms with Crippen LogP contribution in [0.3, 0.4) is 0 Å². The van der Waals surface area contributed by atoms with Crippen molar-refractivity contribution in [2.75, 3.05) is 6.61 Å². The van der Waals surface area contributed by atoms with Gasteiger partial charge in [0.1, 0.15) is 6.07 Å². The normalized spacial score (nSPS) is 9.31. The van der Waals surface area contributed by atoms with Crippen molar-refractivity contribution in [3.8, 4) is 6.07 Å². The molecule has 16 heavy (non-hydrogen) atoms. The summed E-state index contributed by atoms with van der Waals surface area (Å²) in [6.45, 7) is 3.60. The molecule has 0 saturated heterocycles. The van der Waals surface area contributed by atoms with Crippen molar-refractivity contribution in [3.05, 3.63) is 34.4 Å². The summed E-state index contributed by atoms with van der Waals surface area (Å²) in [5.74, 6) is -0.478. The molecule has 0 N–H and O–H groups in total. The highest BCUT2D eigenvalue weighted by Crippen LogP contribution is 2.17. The van der Waals surface area contributed by atoms with E-state index >= 15 is 0 Å². The Bertz CT molecular complexity index is 472. The van der Waals surface area contributed by atoms with E-state index < -0.39 is 5.97 Å². The molecule has 0 atom stereocenters. The first kappa shape index (κ1) is 11.9. The lowest BCUT2D eigenvalue weighted by Gasteiger charge is -2.07. The second kappa shape index (κ2) is 5.08. The number of benzene rings is 1. The second-order valence-electron chi connectivity index (χ2n) is 3.15. The van der Waals surface area contributed by atoms with Gasteiger partial charge in [0.15, 0.2) is 6.29 Å². The Balaban J connectivity index is 3.30. The summed E-state index contributed by atoms with van der Waals surface area (Å²) < 4.78 is 4.85. The van der Waals surface area contributed by atoms with Crippen LogP contribution in [0.1, 0.15) is 38.8 Å². The molecule has 0 unspecified atom stereocenters. The van der Waals surface area contributed by atoms with Crippen molar-refractivity contribution < 1.29 is 14.3 Å². The van der Waals surface area contributed by atoms with Crippen molar-refractivity contribution in [2.24, 2.45) is 0 Å². The van der Waals surface area contributed by atoms with E-state index in [1.54, 1.807) is 13.8 Å². The molecule has 0 aliphatic rings. The van der Waals surface area contributed by atoms with Crippen LogP contribution >= 0.6 is 0 Å². The van der Waals surface area contributed by atoms with E-state index in [-0.39, 0.29) is 17.7 Å². The maximum atomic E-state index is 11.5. The molecular formula is C12H11NO3. The van der Waals surface area contributed by atoms with Crippen LogP contribution in [0.25, 0.3) is 0 Å². The number of hydrogen-bond donors (Lipinski definition) is 0. The molecule has 0 bridgehead atoms. The number of hydrogen-bond acceptors (Lipinski definition) is 4. The molecule has 0 aliphatic heterocycles. The van der Waals surface area contributed by atoms with Gasteiger partial charge >= 0.3 is 5.97 Å². The van der Waals surface area contributed by atoms with Crippen LogP contribution in [-0.4, -0.2) is 18.9 Å². The molecule has 0 aromatic heterocycles. The van der Waals surface area contributed by atoms with Crippen molar-refractivity contribution in [1.29, 1.82) is 5.26 Å². The fourth-order valence-electron chi connectivity index (χ4n) is 1.41. The SMILES string of the molecule is CCOC(=O)c1ccc(C=O)c(C#N)c1C. The summed E-state index contributed by atoms with van der Waals surface area (Å²) in [7, 11) is 0. The van der Waals surface area contributed by atoms with Crippen LogP contribution in [0.15, 0.2) is 12.1 Å². The first-order chi connectivity index (χ1) is 7.65. The second-order valence-corrected chi connectivity index (χ2v) is 3.15. The molecule has 0 amide bonds. The van der Waals surface area contributed by atoms with Gasteiger partial charge in [-0.3, -0.25) is 4.79 Å². The van der Waals surface area contributed by atoms with Crippen molar-refractivity contribution >= 4 is 12.3 Å². The first-order valence-electron chi connectivity index (χ1n) is 4.81. The summed E-state index contributed by atoms with van der Waals surface area (Å²) in [5.41, 5.74) is 1.31. The van der Waals surface area contributed by atoms with Crippen LogP contribution in [0.2, 0.25) is 0 Å². The molecule has 4 nitrogen and oxygen atoms in total. The van der Waals surface area contributed by atoms with Gasteiger partial charge in [-0.15, -0.1) is 0 Å². The number of nitrogens with zero attached hydrogens (tertiary/aromatic N) is 1.